The fourth-order valence-electron chi connectivity index (χ4n) is 1.80. The minimum Gasteiger partial charge on any atom is -0.460 e. The van der Waals surface area contributed by atoms with Crippen molar-refractivity contribution < 1.29 is 14.3 Å². The number of thiophene rings is 1. The van der Waals surface area contributed by atoms with Gasteiger partial charge in [0.15, 0.2) is 0 Å². The Balaban J connectivity index is 2.41. The van der Waals surface area contributed by atoms with Crippen LogP contribution in [0.25, 0.3) is 10.1 Å². The molecular formula is C14H14O3S. The predicted molar refractivity (Wildman–Crippen MR) is 72.3 cm³/mol. The van der Waals surface area contributed by atoms with Crippen LogP contribution in [-0.2, 0) is 9.53 Å². The Kier molecular flexibility index (Phi) is 3.48. The van der Waals surface area contributed by atoms with Gasteiger partial charge in [0.2, 0.25) is 0 Å². The zero-order valence-electron chi connectivity index (χ0n) is 10.6. The summed E-state index contributed by atoms with van der Waals surface area (Å²) in [4.78, 5) is 24.4. The first-order chi connectivity index (χ1) is 8.54. The molecule has 4 heteroatoms. The molecule has 0 saturated carbocycles. The van der Waals surface area contributed by atoms with Gasteiger partial charge in [-0.25, -0.2) is 4.79 Å². The van der Waals surface area contributed by atoms with E-state index in [1.54, 1.807) is 30.4 Å². The number of esters is 1. The molecule has 94 valence electrons. The van der Waals surface area contributed by atoms with E-state index in [4.69, 9.17) is 4.74 Å². The van der Waals surface area contributed by atoms with E-state index in [9.17, 15) is 9.59 Å². The quantitative estimate of drug-likeness (QED) is 0.484. The number of benzene rings is 1. The molecule has 0 aliphatic rings. The third kappa shape index (κ3) is 2.16. The lowest BCUT2D eigenvalue weighted by Gasteiger charge is -2.01. The smallest absolute Gasteiger partial charge is 0.379 e. The Morgan fingerprint density at radius 2 is 2.00 bits per heavy atom. The molecule has 0 saturated heterocycles. The van der Waals surface area contributed by atoms with Crippen molar-refractivity contribution in [2.45, 2.75) is 20.8 Å². The first-order valence-electron chi connectivity index (χ1n) is 5.75. The summed E-state index contributed by atoms with van der Waals surface area (Å²) in [6, 6.07) is 5.33. The molecule has 1 heterocycles. The summed E-state index contributed by atoms with van der Waals surface area (Å²) in [7, 11) is 0. The van der Waals surface area contributed by atoms with Gasteiger partial charge in [-0.15, -0.1) is 11.3 Å². The minimum absolute atomic E-state index is 0.212. The van der Waals surface area contributed by atoms with Gasteiger partial charge in [-0.2, -0.15) is 0 Å². The van der Waals surface area contributed by atoms with E-state index in [1.165, 1.54) is 10.4 Å². The van der Waals surface area contributed by atoms with Crippen molar-refractivity contribution in [3.63, 3.8) is 0 Å². The number of aryl methyl sites for hydroxylation is 2. The van der Waals surface area contributed by atoms with Crippen LogP contribution in [-0.4, -0.2) is 18.4 Å². The van der Waals surface area contributed by atoms with Gasteiger partial charge in [0.05, 0.1) is 6.61 Å². The van der Waals surface area contributed by atoms with Gasteiger partial charge in [-0.1, -0.05) is 12.1 Å². The number of Topliss-reactive ketones (excluding diaryl/α,β-unsaturated/α-hetero) is 1. The third-order valence-corrected chi connectivity index (χ3v) is 4.07. The number of hydrogen-bond acceptors (Lipinski definition) is 4. The van der Waals surface area contributed by atoms with Crippen LogP contribution in [0, 0.1) is 13.8 Å². The van der Waals surface area contributed by atoms with Gasteiger partial charge in [0.1, 0.15) is 0 Å². The Labute approximate surface area is 109 Å². The lowest BCUT2D eigenvalue weighted by Crippen LogP contribution is -2.17. The zero-order valence-corrected chi connectivity index (χ0v) is 11.4. The molecular weight excluding hydrogens is 248 g/mol. The SMILES string of the molecule is CCOC(=O)C(=O)c1ccc2c(C)c(C)sc2c1. The fourth-order valence-corrected chi connectivity index (χ4v) is 2.91. The van der Waals surface area contributed by atoms with Gasteiger partial charge in [0.25, 0.3) is 5.78 Å². The van der Waals surface area contributed by atoms with Crippen LogP contribution in [0.15, 0.2) is 18.2 Å². The second kappa shape index (κ2) is 4.90. The number of fused-ring (bicyclic) bond motifs is 1. The molecule has 0 aliphatic carbocycles. The summed E-state index contributed by atoms with van der Waals surface area (Å²) < 4.78 is 5.74. The summed E-state index contributed by atoms with van der Waals surface area (Å²) >= 11 is 1.63. The molecule has 0 radical (unpaired) electrons. The number of carbonyl (C=O) groups excluding carboxylic acids is 2. The Hall–Kier alpha value is -1.68. The molecule has 2 rings (SSSR count). The molecule has 3 nitrogen and oxygen atoms in total. The molecule has 0 fully saturated rings. The fraction of sp³-hybridized carbons (Fsp3) is 0.286. The molecule has 0 amide bonds. The van der Waals surface area contributed by atoms with Crippen molar-refractivity contribution in [2.75, 3.05) is 6.61 Å². The van der Waals surface area contributed by atoms with E-state index in [0.29, 0.717) is 5.56 Å². The van der Waals surface area contributed by atoms with E-state index in [-0.39, 0.29) is 6.61 Å². The average molecular weight is 262 g/mol. The van der Waals surface area contributed by atoms with Gasteiger partial charge < -0.3 is 4.74 Å². The second-order valence-corrected chi connectivity index (χ2v) is 5.30. The van der Waals surface area contributed by atoms with Gasteiger partial charge in [-0.3, -0.25) is 4.79 Å². The van der Waals surface area contributed by atoms with Crippen molar-refractivity contribution >= 4 is 33.2 Å². The van der Waals surface area contributed by atoms with Crippen molar-refractivity contribution in [3.8, 4) is 0 Å². The number of rotatable bonds is 3. The molecule has 0 N–H and O–H groups in total. The van der Waals surface area contributed by atoms with Crippen LogP contribution in [0.5, 0.6) is 0 Å². The van der Waals surface area contributed by atoms with Crippen molar-refractivity contribution in [3.05, 3.63) is 34.2 Å². The normalized spacial score (nSPS) is 10.6. The van der Waals surface area contributed by atoms with Gasteiger partial charge in [0, 0.05) is 15.1 Å². The Bertz CT molecular complexity index is 625. The molecule has 0 spiro atoms. The molecule has 0 unspecified atom stereocenters. The first kappa shape index (κ1) is 12.8. The van der Waals surface area contributed by atoms with Crippen molar-refractivity contribution in [1.29, 1.82) is 0 Å². The van der Waals surface area contributed by atoms with Crippen LogP contribution >= 0.6 is 11.3 Å². The average Bonchev–Trinajstić information content (AvgIpc) is 2.64. The maximum absolute atomic E-state index is 11.8. The highest BCUT2D eigenvalue weighted by molar-refractivity contribution is 7.19. The standard InChI is InChI=1S/C14H14O3S/c1-4-17-14(16)13(15)10-5-6-11-8(2)9(3)18-12(11)7-10/h5-7H,4H2,1-3H3. The third-order valence-electron chi connectivity index (χ3n) is 2.90. The molecule has 1 aromatic heterocycles. The molecule has 1 aromatic carbocycles. The molecule has 18 heavy (non-hydrogen) atoms. The number of hydrogen-bond donors (Lipinski definition) is 0. The first-order valence-corrected chi connectivity index (χ1v) is 6.57. The van der Waals surface area contributed by atoms with Crippen LogP contribution in [0.2, 0.25) is 0 Å². The highest BCUT2D eigenvalue weighted by Crippen LogP contribution is 2.30. The highest BCUT2D eigenvalue weighted by atomic mass is 32.1. The van der Waals surface area contributed by atoms with Gasteiger partial charge >= 0.3 is 5.97 Å². The number of ketones is 1. The number of ether oxygens (including phenoxy) is 1. The minimum atomic E-state index is -0.790. The predicted octanol–water partition coefficient (Wildman–Crippen LogP) is 3.26. The van der Waals surface area contributed by atoms with Crippen LogP contribution in [0.4, 0.5) is 0 Å². The van der Waals surface area contributed by atoms with E-state index in [1.807, 2.05) is 13.0 Å². The molecule has 0 atom stereocenters. The summed E-state index contributed by atoms with van der Waals surface area (Å²) in [6.07, 6.45) is 0. The molecule has 2 aromatic rings. The maximum atomic E-state index is 11.8. The Morgan fingerprint density at radius 1 is 1.28 bits per heavy atom. The highest BCUT2D eigenvalue weighted by Gasteiger charge is 2.18. The van der Waals surface area contributed by atoms with E-state index in [0.717, 1.165) is 10.1 Å². The van der Waals surface area contributed by atoms with E-state index >= 15 is 0 Å². The summed E-state index contributed by atoms with van der Waals surface area (Å²) in [5.41, 5.74) is 1.62. The van der Waals surface area contributed by atoms with Crippen LogP contribution in [0.3, 0.4) is 0 Å². The van der Waals surface area contributed by atoms with Crippen LogP contribution in [0.1, 0.15) is 27.7 Å². The summed E-state index contributed by atoms with van der Waals surface area (Å²) in [6.45, 7) is 6.00. The van der Waals surface area contributed by atoms with Crippen LogP contribution < -0.4 is 0 Å². The summed E-state index contributed by atoms with van der Waals surface area (Å²) in [5, 5.41) is 1.14. The maximum Gasteiger partial charge on any atom is 0.379 e. The second-order valence-electron chi connectivity index (χ2n) is 4.04. The van der Waals surface area contributed by atoms with Gasteiger partial charge in [-0.05, 0) is 37.8 Å². The number of carbonyl (C=O) groups is 2. The lowest BCUT2D eigenvalue weighted by atomic mass is 10.1. The molecule has 0 aliphatic heterocycles. The monoisotopic (exact) mass is 262 g/mol. The van der Waals surface area contributed by atoms with E-state index < -0.39 is 11.8 Å². The topological polar surface area (TPSA) is 43.4 Å². The largest absolute Gasteiger partial charge is 0.460 e. The van der Waals surface area contributed by atoms with Crippen molar-refractivity contribution in [2.24, 2.45) is 0 Å². The van der Waals surface area contributed by atoms with E-state index in [2.05, 4.69) is 6.92 Å². The lowest BCUT2D eigenvalue weighted by molar-refractivity contribution is -0.137. The zero-order chi connectivity index (χ0) is 13.3. The molecule has 0 bridgehead atoms. The summed E-state index contributed by atoms with van der Waals surface area (Å²) in [5.74, 6) is -1.37. The van der Waals surface area contributed by atoms with Crippen molar-refractivity contribution in [1.82, 2.24) is 0 Å². The Morgan fingerprint density at radius 3 is 2.67 bits per heavy atom.